The van der Waals surface area contributed by atoms with Crippen LogP contribution in [-0.2, 0) is 7.05 Å². The number of nitrogens with zero attached hydrogens (tertiary/aromatic N) is 3. The highest BCUT2D eigenvalue weighted by Crippen LogP contribution is 2.34. The Kier molecular flexibility index (Phi) is 10.9. The van der Waals surface area contributed by atoms with Gasteiger partial charge in [0, 0.05) is 36.6 Å². The molecule has 0 bridgehead atoms. The SMILES string of the molecule is C=C(C)Nc1cccc(-n2c(=O)n(C3CC3)c(=O)c3c(Nc4ccc(C)cc4F)n(C)c(=O)c(C)c32)c1.CC.CCCO. The number of aryl methyl sites for hydroxylation is 2. The number of benzene rings is 2. The van der Waals surface area contributed by atoms with Crippen molar-refractivity contribution < 1.29 is 9.50 Å². The van der Waals surface area contributed by atoms with Crippen LogP contribution in [0.5, 0.6) is 0 Å². The quantitative estimate of drug-likeness (QED) is 0.242. The second-order valence-corrected chi connectivity index (χ2v) is 10.4. The summed E-state index contributed by atoms with van der Waals surface area (Å²) in [5.41, 5.74) is 1.76. The number of aliphatic hydroxyl groups excluding tert-OH is 1. The molecule has 2 aromatic heterocycles. The topological polar surface area (TPSA) is 110 Å². The number of hydrogen-bond donors (Lipinski definition) is 3. The number of allylic oxidation sites excluding steroid dienone is 1. The van der Waals surface area contributed by atoms with Crippen molar-refractivity contribution in [2.24, 2.45) is 7.05 Å². The third-order valence-electron chi connectivity index (χ3n) is 6.82. The van der Waals surface area contributed by atoms with Gasteiger partial charge in [0.15, 0.2) is 0 Å². The van der Waals surface area contributed by atoms with Gasteiger partial charge in [-0.25, -0.2) is 9.18 Å². The van der Waals surface area contributed by atoms with E-state index in [-0.39, 0.29) is 34.0 Å². The highest BCUT2D eigenvalue weighted by Gasteiger charge is 2.31. The number of anilines is 3. The molecule has 0 saturated heterocycles. The smallest absolute Gasteiger partial charge is 0.336 e. The van der Waals surface area contributed by atoms with E-state index in [1.54, 1.807) is 44.2 Å². The number of nitrogens with one attached hydrogen (secondary N) is 2. The summed E-state index contributed by atoms with van der Waals surface area (Å²) in [6.07, 6.45) is 2.29. The molecular formula is C33H42FN5O4. The standard InChI is InChI=1S/C28H28FN5O3.C3H8O.C2H6/c1-15(2)30-18-7-6-8-20(14-18)33-24-17(4)26(35)32(5)25(31-22-12-9-16(3)13-21(22)29)23(24)27(36)34(28(33)37)19-10-11-19;1-2-3-4;1-2/h6-9,12-14,19,30-31H,1,10-11H2,2-5H3;4H,2-3H2,1H3;1-2H3. The lowest BCUT2D eigenvalue weighted by Crippen LogP contribution is -2.41. The van der Waals surface area contributed by atoms with E-state index < -0.39 is 22.6 Å². The predicted octanol–water partition coefficient (Wildman–Crippen LogP) is 6.05. The molecule has 43 heavy (non-hydrogen) atoms. The number of halogens is 1. The van der Waals surface area contributed by atoms with Crippen molar-refractivity contribution in [3.63, 3.8) is 0 Å². The molecule has 2 heterocycles. The molecule has 0 aliphatic heterocycles. The minimum Gasteiger partial charge on any atom is -0.396 e. The molecule has 0 atom stereocenters. The second-order valence-electron chi connectivity index (χ2n) is 10.4. The zero-order valence-corrected chi connectivity index (χ0v) is 26.0. The van der Waals surface area contributed by atoms with Crippen molar-refractivity contribution in [3.05, 3.63) is 103 Å². The molecule has 4 aromatic rings. The maximum atomic E-state index is 14.8. The zero-order valence-electron chi connectivity index (χ0n) is 26.0. The van der Waals surface area contributed by atoms with Crippen molar-refractivity contribution in [2.45, 2.75) is 66.8 Å². The van der Waals surface area contributed by atoms with Gasteiger partial charge in [-0.15, -0.1) is 0 Å². The molecule has 1 aliphatic rings. The first-order chi connectivity index (χ1) is 20.5. The molecule has 10 heteroatoms. The van der Waals surface area contributed by atoms with Crippen LogP contribution in [0.3, 0.4) is 0 Å². The van der Waals surface area contributed by atoms with E-state index in [0.717, 1.165) is 12.0 Å². The van der Waals surface area contributed by atoms with Crippen LogP contribution in [0, 0.1) is 19.7 Å². The zero-order chi connectivity index (χ0) is 32.0. The van der Waals surface area contributed by atoms with E-state index >= 15 is 0 Å². The molecule has 1 aliphatic carbocycles. The Bertz CT molecular complexity index is 1810. The number of aliphatic hydroxyl groups is 1. The fourth-order valence-corrected chi connectivity index (χ4v) is 4.67. The maximum Gasteiger partial charge on any atom is 0.336 e. The Morgan fingerprint density at radius 2 is 1.72 bits per heavy atom. The average Bonchev–Trinajstić information content (AvgIpc) is 3.81. The van der Waals surface area contributed by atoms with Gasteiger partial charge in [-0.2, -0.15) is 0 Å². The normalized spacial score (nSPS) is 12.1. The van der Waals surface area contributed by atoms with Crippen molar-refractivity contribution in [1.29, 1.82) is 0 Å². The summed E-state index contributed by atoms with van der Waals surface area (Å²) in [6.45, 7) is 15.3. The number of hydrogen-bond acceptors (Lipinski definition) is 6. The van der Waals surface area contributed by atoms with Gasteiger partial charge in [0.25, 0.3) is 11.1 Å². The minimum absolute atomic E-state index is 0.119. The summed E-state index contributed by atoms with van der Waals surface area (Å²) in [4.78, 5) is 41.1. The molecule has 230 valence electrons. The van der Waals surface area contributed by atoms with Gasteiger partial charge in [0.2, 0.25) is 0 Å². The monoisotopic (exact) mass is 591 g/mol. The van der Waals surface area contributed by atoms with Crippen LogP contribution in [-0.4, -0.2) is 25.4 Å². The van der Waals surface area contributed by atoms with E-state index in [4.69, 9.17) is 5.11 Å². The van der Waals surface area contributed by atoms with Crippen molar-refractivity contribution >= 4 is 28.1 Å². The number of pyridine rings is 1. The van der Waals surface area contributed by atoms with Crippen LogP contribution in [0.2, 0.25) is 0 Å². The molecule has 1 fully saturated rings. The van der Waals surface area contributed by atoms with E-state index in [1.165, 1.54) is 26.8 Å². The molecular weight excluding hydrogens is 549 g/mol. The molecule has 0 amide bonds. The van der Waals surface area contributed by atoms with Crippen LogP contribution < -0.4 is 27.4 Å². The highest BCUT2D eigenvalue weighted by molar-refractivity contribution is 5.93. The Morgan fingerprint density at radius 1 is 1.07 bits per heavy atom. The molecule has 1 saturated carbocycles. The second kappa shape index (κ2) is 14.2. The van der Waals surface area contributed by atoms with Gasteiger partial charge < -0.3 is 15.7 Å². The van der Waals surface area contributed by atoms with E-state index in [0.29, 0.717) is 36.5 Å². The molecule has 0 unspecified atom stereocenters. The number of aromatic nitrogens is 3. The largest absolute Gasteiger partial charge is 0.396 e. The van der Waals surface area contributed by atoms with Crippen LogP contribution >= 0.6 is 0 Å². The summed E-state index contributed by atoms with van der Waals surface area (Å²) in [7, 11) is 1.52. The minimum atomic E-state index is -0.518. The third-order valence-corrected chi connectivity index (χ3v) is 6.82. The molecule has 9 nitrogen and oxygen atoms in total. The Hall–Kier alpha value is -4.44. The number of fused-ring (bicyclic) bond motifs is 1. The molecule has 2 aromatic carbocycles. The van der Waals surface area contributed by atoms with Crippen LogP contribution in [0.25, 0.3) is 16.6 Å². The van der Waals surface area contributed by atoms with Gasteiger partial charge in [0.05, 0.1) is 16.9 Å². The summed E-state index contributed by atoms with van der Waals surface area (Å²) >= 11 is 0. The van der Waals surface area contributed by atoms with Crippen LogP contribution in [0.15, 0.2) is 69.1 Å². The van der Waals surface area contributed by atoms with Crippen molar-refractivity contribution in [2.75, 3.05) is 17.2 Å². The Labute approximate surface area is 250 Å². The highest BCUT2D eigenvalue weighted by atomic mass is 19.1. The number of rotatable bonds is 7. The fraction of sp³-hybridized carbons (Fsp3) is 0.364. The lowest BCUT2D eigenvalue weighted by molar-refractivity contribution is 0.295. The van der Waals surface area contributed by atoms with Crippen molar-refractivity contribution in [3.8, 4) is 5.69 Å². The molecule has 3 N–H and O–H groups in total. The Morgan fingerprint density at radius 3 is 2.28 bits per heavy atom. The third kappa shape index (κ3) is 6.97. The summed E-state index contributed by atoms with van der Waals surface area (Å²) in [5, 5.41) is 14.1. The summed E-state index contributed by atoms with van der Waals surface area (Å²) in [6, 6.07) is 11.6. The molecule has 0 radical (unpaired) electrons. The van der Waals surface area contributed by atoms with Gasteiger partial charge >= 0.3 is 5.69 Å². The summed E-state index contributed by atoms with van der Waals surface area (Å²) < 4.78 is 18.8. The van der Waals surface area contributed by atoms with Gasteiger partial charge in [-0.1, -0.05) is 39.5 Å². The Balaban J connectivity index is 0.000000780. The maximum absolute atomic E-state index is 14.8. The lowest BCUT2D eigenvalue weighted by Gasteiger charge is -2.21. The van der Waals surface area contributed by atoms with Crippen LogP contribution in [0.4, 0.5) is 21.6 Å². The fourth-order valence-electron chi connectivity index (χ4n) is 4.67. The van der Waals surface area contributed by atoms with Gasteiger partial charge in [0.1, 0.15) is 17.0 Å². The lowest BCUT2D eigenvalue weighted by atomic mass is 10.1. The van der Waals surface area contributed by atoms with Gasteiger partial charge in [-0.3, -0.25) is 23.3 Å². The van der Waals surface area contributed by atoms with E-state index in [1.807, 2.05) is 33.8 Å². The van der Waals surface area contributed by atoms with Gasteiger partial charge in [-0.05, 0) is 75.9 Å². The van der Waals surface area contributed by atoms with Crippen LogP contribution in [0.1, 0.15) is 64.1 Å². The molecule has 5 rings (SSSR count). The predicted molar refractivity (Wildman–Crippen MR) is 174 cm³/mol. The first-order valence-corrected chi connectivity index (χ1v) is 14.6. The van der Waals surface area contributed by atoms with Crippen molar-refractivity contribution in [1.82, 2.24) is 13.7 Å². The molecule has 0 spiro atoms. The van der Waals surface area contributed by atoms with E-state index in [2.05, 4.69) is 17.2 Å². The average molecular weight is 592 g/mol. The summed E-state index contributed by atoms with van der Waals surface area (Å²) in [5.74, 6) is -0.395. The van der Waals surface area contributed by atoms with E-state index in [9.17, 15) is 18.8 Å². The first-order valence-electron chi connectivity index (χ1n) is 14.6. The first kappa shape index (κ1) is 33.1.